The molecule has 31 heavy (non-hydrogen) atoms. The Hall–Kier alpha value is -4.01. The Morgan fingerprint density at radius 3 is 2.45 bits per heavy atom. The summed E-state index contributed by atoms with van der Waals surface area (Å²) < 4.78 is 41.5. The van der Waals surface area contributed by atoms with Crippen LogP contribution in [-0.4, -0.2) is 25.7 Å². The maximum atomic E-state index is 13.6. The smallest absolute Gasteiger partial charge is 0.310 e. The van der Waals surface area contributed by atoms with E-state index in [1.54, 1.807) is 12.1 Å². The van der Waals surface area contributed by atoms with Crippen LogP contribution in [0.3, 0.4) is 0 Å². The molecule has 3 heterocycles. The predicted octanol–water partition coefficient (Wildman–Crippen LogP) is 4.53. The van der Waals surface area contributed by atoms with Crippen LogP contribution in [0.2, 0.25) is 0 Å². The van der Waals surface area contributed by atoms with E-state index in [-0.39, 0.29) is 29.5 Å². The summed E-state index contributed by atoms with van der Waals surface area (Å²) in [6, 6.07) is 16.2. The van der Waals surface area contributed by atoms with Crippen LogP contribution < -0.4 is 5.32 Å². The lowest BCUT2D eigenvalue weighted by atomic mass is 10.1. The SMILES string of the molecule is O=C(Cc1ccccc1)Nc1ccc(-n2nc(-c3cccnc3)cc2C(F)(F)F)cn1. The molecule has 0 saturated heterocycles. The Morgan fingerprint density at radius 1 is 1.00 bits per heavy atom. The first-order valence-electron chi connectivity index (χ1n) is 9.28. The number of alkyl halides is 3. The van der Waals surface area contributed by atoms with E-state index in [4.69, 9.17) is 0 Å². The zero-order chi connectivity index (χ0) is 21.8. The van der Waals surface area contributed by atoms with E-state index in [1.165, 1.54) is 30.7 Å². The van der Waals surface area contributed by atoms with Crippen molar-refractivity contribution in [3.8, 4) is 16.9 Å². The number of hydrogen-bond donors (Lipinski definition) is 1. The third kappa shape index (κ3) is 4.77. The summed E-state index contributed by atoms with van der Waals surface area (Å²) in [4.78, 5) is 20.1. The summed E-state index contributed by atoms with van der Waals surface area (Å²) in [6.07, 6.45) is -0.254. The number of amides is 1. The van der Waals surface area contributed by atoms with Gasteiger partial charge < -0.3 is 5.32 Å². The number of aromatic nitrogens is 4. The van der Waals surface area contributed by atoms with Gasteiger partial charge in [-0.05, 0) is 35.9 Å². The van der Waals surface area contributed by atoms with Gasteiger partial charge in [0, 0.05) is 18.0 Å². The second kappa shape index (κ2) is 8.39. The highest BCUT2D eigenvalue weighted by Gasteiger charge is 2.36. The molecule has 0 aliphatic rings. The van der Waals surface area contributed by atoms with Crippen LogP contribution in [0.4, 0.5) is 19.0 Å². The number of nitrogens with zero attached hydrogens (tertiary/aromatic N) is 4. The van der Waals surface area contributed by atoms with Gasteiger partial charge in [0.15, 0.2) is 0 Å². The quantitative estimate of drug-likeness (QED) is 0.512. The zero-order valence-electron chi connectivity index (χ0n) is 16.0. The van der Waals surface area contributed by atoms with Gasteiger partial charge in [-0.3, -0.25) is 9.78 Å². The van der Waals surface area contributed by atoms with Crippen LogP contribution in [0.25, 0.3) is 16.9 Å². The fourth-order valence-electron chi connectivity index (χ4n) is 2.99. The molecule has 9 heteroatoms. The van der Waals surface area contributed by atoms with Gasteiger partial charge in [-0.1, -0.05) is 30.3 Å². The van der Waals surface area contributed by atoms with E-state index >= 15 is 0 Å². The number of carbonyl (C=O) groups excluding carboxylic acids is 1. The van der Waals surface area contributed by atoms with Crippen molar-refractivity contribution >= 4 is 11.7 Å². The van der Waals surface area contributed by atoms with E-state index in [2.05, 4.69) is 20.4 Å². The number of anilines is 1. The zero-order valence-corrected chi connectivity index (χ0v) is 16.0. The number of rotatable bonds is 5. The second-order valence-electron chi connectivity index (χ2n) is 6.68. The Balaban J connectivity index is 1.57. The first-order chi connectivity index (χ1) is 14.9. The molecule has 1 aromatic carbocycles. The van der Waals surface area contributed by atoms with Crippen molar-refractivity contribution in [2.45, 2.75) is 12.6 Å². The molecular formula is C22H16F3N5O. The Morgan fingerprint density at radius 2 is 1.81 bits per heavy atom. The van der Waals surface area contributed by atoms with Gasteiger partial charge in [0.1, 0.15) is 11.5 Å². The largest absolute Gasteiger partial charge is 0.433 e. The van der Waals surface area contributed by atoms with Crippen molar-refractivity contribution < 1.29 is 18.0 Å². The van der Waals surface area contributed by atoms with Gasteiger partial charge in [0.25, 0.3) is 0 Å². The van der Waals surface area contributed by atoms with Crippen molar-refractivity contribution in [3.05, 3.63) is 90.5 Å². The van der Waals surface area contributed by atoms with Gasteiger partial charge in [-0.15, -0.1) is 0 Å². The van der Waals surface area contributed by atoms with Crippen LogP contribution in [-0.2, 0) is 17.4 Å². The summed E-state index contributed by atoms with van der Waals surface area (Å²) in [5.41, 5.74) is 0.619. The number of nitrogens with one attached hydrogen (secondary N) is 1. The highest BCUT2D eigenvalue weighted by Crippen LogP contribution is 2.33. The number of pyridine rings is 2. The Labute approximate surface area is 175 Å². The lowest BCUT2D eigenvalue weighted by Gasteiger charge is -2.10. The van der Waals surface area contributed by atoms with Gasteiger partial charge in [0.2, 0.25) is 5.91 Å². The third-order valence-corrected chi connectivity index (χ3v) is 4.42. The minimum Gasteiger partial charge on any atom is -0.310 e. The van der Waals surface area contributed by atoms with E-state index in [0.717, 1.165) is 16.3 Å². The molecular weight excluding hydrogens is 407 g/mol. The average molecular weight is 423 g/mol. The molecule has 3 aromatic heterocycles. The van der Waals surface area contributed by atoms with Crippen molar-refractivity contribution in [2.75, 3.05) is 5.32 Å². The van der Waals surface area contributed by atoms with Gasteiger partial charge in [-0.25, -0.2) is 9.67 Å². The molecule has 0 bridgehead atoms. The predicted molar refractivity (Wildman–Crippen MR) is 108 cm³/mol. The molecule has 0 aliphatic carbocycles. The molecule has 0 unspecified atom stereocenters. The summed E-state index contributed by atoms with van der Waals surface area (Å²) in [5.74, 6) is -0.0433. The molecule has 0 radical (unpaired) electrons. The molecule has 0 aliphatic heterocycles. The summed E-state index contributed by atoms with van der Waals surface area (Å²) in [7, 11) is 0. The van der Waals surface area contributed by atoms with Crippen LogP contribution in [0.5, 0.6) is 0 Å². The molecule has 6 nitrogen and oxygen atoms in total. The second-order valence-corrected chi connectivity index (χ2v) is 6.68. The van der Waals surface area contributed by atoms with Gasteiger partial charge >= 0.3 is 6.18 Å². The van der Waals surface area contributed by atoms with Crippen molar-refractivity contribution in [2.24, 2.45) is 0 Å². The number of benzene rings is 1. The molecule has 4 aromatic rings. The van der Waals surface area contributed by atoms with E-state index in [9.17, 15) is 18.0 Å². The third-order valence-electron chi connectivity index (χ3n) is 4.42. The lowest BCUT2D eigenvalue weighted by molar-refractivity contribution is -0.142. The van der Waals surface area contributed by atoms with E-state index in [0.29, 0.717) is 5.56 Å². The number of halogens is 3. The maximum Gasteiger partial charge on any atom is 0.433 e. The molecule has 4 rings (SSSR count). The highest BCUT2D eigenvalue weighted by atomic mass is 19.4. The van der Waals surface area contributed by atoms with Crippen molar-refractivity contribution in [1.29, 1.82) is 0 Å². The fourth-order valence-corrected chi connectivity index (χ4v) is 2.99. The number of hydrogen-bond acceptors (Lipinski definition) is 4. The van der Waals surface area contributed by atoms with Gasteiger partial charge in [-0.2, -0.15) is 18.3 Å². The fraction of sp³-hybridized carbons (Fsp3) is 0.0909. The van der Waals surface area contributed by atoms with Crippen LogP contribution in [0.15, 0.2) is 79.3 Å². The summed E-state index contributed by atoms with van der Waals surface area (Å²) in [6.45, 7) is 0. The highest BCUT2D eigenvalue weighted by molar-refractivity contribution is 5.91. The molecule has 0 spiro atoms. The molecule has 1 amide bonds. The van der Waals surface area contributed by atoms with E-state index in [1.807, 2.05) is 30.3 Å². The first kappa shape index (κ1) is 20.3. The molecule has 1 N–H and O–H groups in total. The van der Waals surface area contributed by atoms with Crippen molar-refractivity contribution in [3.63, 3.8) is 0 Å². The van der Waals surface area contributed by atoms with Gasteiger partial charge in [0.05, 0.1) is 24.0 Å². The molecule has 156 valence electrons. The van der Waals surface area contributed by atoms with Crippen LogP contribution >= 0.6 is 0 Å². The maximum absolute atomic E-state index is 13.6. The average Bonchev–Trinajstić information content (AvgIpc) is 3.22. The van der Waals surface area contributed by atoms with E-state index < -0.39 is 11.9 Å². The monoisotopic (exact) mass is 423 g/mol. The topological polar surface area (TPSA) is 72.7 Å². The normalized spacial score (nSPS) is 11.3. The summed E-state index contributed by atoms with van der Waals surface area (Å²) >= 11 is 0. The molecule has 0 atom stereocenters. The summed E-state index contributed by atoms with van der Waals surface area (Å²) in [5, 5.41) is 6.73. The van der Waals surface area contributed by atoms with Crippen molar-refractivity contribution in [1.82, 2.24) is 19.7 Å². The van der Waals surface area contributed by atoms with Crippen LogP contribution in [0.1, 0.15) is 11.3 Å². The Kier molecular flexibility index (Phi) is 5.48. The minimum absolute atomic E-state index is 0.114. The Bertz CT molecular complexity index is 1170. The minimum atomic E-state index is -4.62. The standard InChI is InChI=1S/C22H16F3N5O/c23-22(24,25)19-12-18(16-7-4-10-26-13-16)29-30(19)17-8-9-20(27-14-17)28-21(31)11-15-5-2-1-3-6-15/h1-10,12-14H,11H2,(H,27,28,31). The number of carbonyl (C=O) groups is 1. The first-order valence-corrected chi connectivity index (χ1v) is 9.28. The molecule has 0 saturated carbocycles. The lowest BCUT2D eigenvalue weighted by Crippen LogP contribution is -2.16. The van der Waals surface area contributed by atoms with Crippen LogP contribution in [0, 0.1) is 0 Å². The molecule has 0 fully saturated rings.